The van der Waals surface area contributed by atoms with Gasteiger partial charge in [-0.05, 0) is 25.8 Å². The molecule has 2 rings (SSSR count). The fourth-order valence-corrected chi connectivity index (χ4v) is 2.37. The Morgan fingerprint density at radius 2 is 2.24 bits per heavy atom. The summed E-state index contributed by atoms with van der Waals surface area (Å²) in [5.41, 5.74) is -0.369. The van der Waals surface area contributed by atoms with Gasteiger partial charge in [-0.1, -0.05) is 0 Å². The second kappa shape index (κ2) is 6.60. The third-order valence-electron chi connectivity index (χ3n) is 3.41. The second-order valence-corrected chi connectivity index (χ2v) is 4.81. The van der Waals surface area contributed by atoms with E-state index in [-0.39, 0.29) is 24.7 Å². The molecule has 1 aliphatic heterocycles. The molecule has 1 atom stereocenters. The summed E-state index contributed by atoms with van der Waals surface area (Å²) in [6.45, 7) is 2.53. The van der Waals surface area contributed by atoms with E-state index in [9.17, 15) is 18.4 Å². The van der Waals surface area contributed by atoms with Crippen LogP contribution in [0.1, 0.15) is 30.1 Å². The molecule has 0 bridgehead atoms. The number of hydrogen-bond acceptors (Lipinski definition) is 4. The number of likely N-dealkylation sites (tertiary alicyclic amines) is 1. The molecule has 0 saturated carbocycles. The topological polar surface area (TPSA) is 59.5 Å². The summed E-state index contributed by atoms with van der Waals surface area (Å²) in [6, 6.07) is 1.13. The highest BCUT2D eigenvalue weighted by molar-refractivity contribution is 5.94. The Hall–Kier alpha value is -2.05. The lowest BCUT2D eigenvalue weighted by Crippen LogP contribution is -2.43. The number of esters is 1. The lowest BCUT2D eigenvalue weighted by Gasteiger charge is -2.31. The van der Waals surface area contributed by atoms with Gasteiger partial charge in [-0.25, -0.2) is 9.37 Å². The van der Waals surface area contributed by atoms with Crippen LogP contribution in [-0.4, -0.2) is 41.5 Å². The Morgan fingerprint density at radius 3 is 2.95 bits per heavy atom. The average molecular weight is 298 g/mol. The van der Waals surface area contributed by atoms with Crippen molar-refractivity contribution in [3.63, 3.8) is 0 Å². The molecule has 0 spiro atoms. The molecule has 7 heteroatoms. The fourth-order valence-electron chi connectivity index (χ4n) is 2.37. The third-order valence-corrected chi connectivity index (χ3v) is 3.41. The molecule has 0 aliphatic carbocycles. The van der Waals surface area contributed by atoms with E-state index in [1.807, 2.05) is 0 Å². The number of amides is 1. The Kier molecular flexibility index (Phi) is 4.82. The van der Waals surface area contributed by atoms with E-state index in [1.165, 1.54) is 4.90 Å². The van der Waals surface area contributed by atoms with Crippen molar-refractivity contribution < 1.29 is 23.1 Å². The highest BCUT2D eigenvalue weighted by atomic mass is 19.2. The normalized spacial score (nSPS) is 18.4. The van der Waals surface area contributed by atoms with Crippen LogP contribution in [0.5, 0.6) is 0 Å². The van der Waals surface area contributed by atoms with E-state index < -0.39 is 23.6 Å². The summed E-state index contributed by atoms with van der Waals surface area (Å²) in [5.74, 6) is -3.99. The Morgan fingerprint density at radius 1 is 1.48 bits per heavy atom. The lowest BCUT2D eigenvalue weighted by atomic mass is 9.97. The van der Waals surface area contributed by atoms with Gasteiger partial charge in [-0.3, -0.25) is 9.59 Å². The lowest BCUT2D eigenvalue weighted by molar-refractivity contribution is -0.149. The molecule has 1 aromatic rings. The Balaban J connectivity index is 2.12. The number of pyridine rings is 1. The maximum absolute atomic E-state index is 13.6. The molecule has 1 fully saturated rings. The van der Waals surface area contributed by atoms with Crippen LogP contribution < -0.4 is 0 Å². The predicted molar refractivity (Wildman–Crippen MR) is 69.4 cm³/mol. The van der Waals surface area contributed by atoms with Crippen molar-refractivity contribution >= 4 is 11.9 Å². The number of hydrogen-bond donors (Lipinski definition) is 0. The monoisotopic (exact) mass is 298 g/mol. The summed E-state index contributed by atoms with van der Waals surface area (Å²) in [4.78, 5) is 28.5. The van der Waals surface area contributed by atoms with Crippen LogP contribution in [0.25, 0.3) is 0 Å². The van der Waals surface area contributed by atoms with E-state index in [0.29, 0.717) is 19.4 Å². The SMILES string of the molecule is CCOC(=O)[C@@H]1CCCN(C(=O)c2ccnc(F)c2F)C1. The molecule has 1 amide bonds. The molecular formula is C14H16F2N2O3. The molecule has 21 heavy (non-hydrogen) atoms. The zero-order valence-electron chi connectivity index (χ0n) is 11.6. The minimum Gasteiger partial charge on any atom is -0.466 e. The highest BCUT2D eigenvalue weighted by Gasteiger charge is 2.31. The van der Waals surface area contributed by atoms with E-state index in [4.69, 9.17) is 4.74 Å². The smallest absolute Gasteiger partial charge is 0.310 e. The van der Waals surface area contributed by atoms with Crippen molar-refractivity contribution in [3.05, 3.63) is 29.6 Å². The molecule has 1 aliphatic rings. The maximum Gasteiger partial charge on any atom is 0.310 e. The van der Waals surface area contributed by atoms with Gasteiger partial charge in [0.25, 0.3) is 5.91 Å². The van der Waals surface area contributed by atoms with Gasteiger partial charge in [0.2, 0.25) is 5.95 Å². The molecule has 5 nitrogen and oxygen atoms in total. The summed E-state index contributed by atoms with van der Waals surface area (Å²) in [6.07, 6.45) is 2.28. The average Bonchev–Trinajstić information content (AvgIpc) is 2.50. The van der Waals surface area contributed by atoms with Gasteiger partial charge in [0.1, 0.15) is 0 Å². The van der Waals surface area contributed by atoms with Gasteiger partial charge in [0, 0.05) is 19.3 Å². The van der Waals surface area contributed by atoms with Crippen molar-refractivity contribution in [1.29, 1.82) is 0 Å². The summed E-state index contributed by atoms with van der Waals surface area (Å²) in [5, 5.41) is 0. The molecular weight excluding hydrogens is 282 g/mol. The number of halogens is 2. The van der Waals surface area contributed by atoms with E-state index >= 15 is 0 Å². The van der Waals surface area contributed by atoms with Gasteiger partial charge in [0.15, 0.2) is 5.82 Å². The van der Waals surface area contributed by atoms with Crippen molar-refractivity contribution in [1.82, 2.24) is 9.88 Å². The van der Waals surface area contributed by atoms with Crippen molar-refractivity contribution in [3.8, 4) is 0 Å². The maximum atomic E-state index is 13.6. The predicted octanol–water partition coefficient (Wildman–Crippen LogP) is 1.78. The van der Waals surface area contributed by atoms with E-state index in [2.05, 4.69) is 4.98 Å². The minimum absolute atomic E-state index is 0.154. The number of aromatic nitrogens is 1. The Bertz CT molecular complexity index is 551. The number of nitrogens with zero attached hydrogens (tertiary/aromatic N) is 2. The summed E-state index contributed by atoms with van der Waals surface area (Å²) < 4.78 is 31.6. The summed E-state index contributed by atoms with van der Waals surface area (Å²) >= 11 is 0. The van der Waals surface area contributed by atoms with Crippen LogP contribution in [0, 0.1) is 17.7 Å². The van der Waals surface area contributed by atoms with E-state index in [0.717, 1.165) is 12.3 Å². The van der Waals surface area contributed by atoms with Crippen LogP contribution >= 0.6 is 0 Å². The first-order valence-electron chi connectivity index (χ1n) is 6.80. The summed E-state index contributed by atoms with van der Waals surface area (Å²) in [7, 11) is 0. The molecule has 0 N–H and O–H groups in total. The number of carbonyl (C=O) groups excluding carboxylic acids is 2. The Labute approximate surface area is 120 Å². The number of rotatable bonds is 3. The van der Waals surface area contributed by atoms with Gasteiger partial charge < -0.3 is 9.64 Å². The molecule has 0 radical (unpaired) electrons. The first-order valence-corrected chi connectivity index (χ1v) is 6.80. The van der Waals surface area contributed by atoms with Crippen LogP contribution in [0.15, 0.2) is 12.3 Å². The first-order chi connectivity index (χ1) is 10.0. The third kappa shape index (κ3) is 3.34. The quantitative estimate of drug-likeness (QED) is 0.630. The van der Waals surface area contributed by atoms with Gasteiger partial charge in [-0.2, -0.15) is 4.39 Å². The highest BCUT2D eigenvalue weighted by Crippen LogP contribution is 2.21. The van der Waals surface area contributed by atoms with Crippen LogP contribution in [0.2, 0.25) is 0 Å². The number of ether oxygens (including phenoxy) is 1. The van der Waals surface area contributed by atoms with E-state index in [1.54, 1.807) is 6.92 Å². The zero-order valence-corrected chi connectivity index (χ0v) is 11.6. The first kappa shape index (κ1) is 15.3. The van der Waals surface area contributed by atoms with Gasteiger partial charge >= 0.3 is 5.97 Å². The molecule has 114 valence electrons. The largest absolute Gasteiger partial charge is 0.466 e. The molecule has 1 saturated heterocycles. The molecule has 0 aromatic carbocycles. The number of carbonyl (C=O) groups is 2. The van der Waals surface area contributed by atoms with Crippen LogP contribution in [0.3, 0.4) is 0 Å². The van der Waals surface area contributed by atoms with Crippen molar-refractivity contribution in [2.75, 3.05) is 19.7 Å². The number of piperidine rings is 1. The van der Waals surface area contributed by atoms with Gasteiger partial charge in [0.05, 0.1) is 18.1 Å². The standard InChI is InChI=1S/C14H16F2N2O3/c1-2-21-14(20)9-4-3-7-18(8-9)13(19)10-5-6-17-12(16)11(10)15/h5-6,9H,2-4,7-8H2,1H3/t9-/m1/s1. The molecule has 0 unspecified atom stereocenters. The van der Waals surface area contributed by atoms with Crippen LogP contribution in [0.4, 0.5) is 8.78 Å². The van der Waals surface area contributed by atoms with Crippen molar-refractivity contribution in [2.45, 2.75) is 19.8 Å². The molecule has 1 aromatic heterocycles. The minimum atomic E-state index is -1.31. The fraction of sp³-hybridized carbons (Fsp3) is 0.500. The second-order valence-electron chi connectivity index (χ2n) is 4.81. The van der Waals surface area contributed by atoms with Crippen molar-refractivity contribution in [2.24, 2.45) is 5.92 Å². The molecule has 2 heterocycles. The van der Waals surface area contributed by atoms with Gasteiger partial charge in [-0.15, -0.1) is 0 Å². The van der Waals surface area contributed by atoms with Crippen LogP contribution in [-0.2, 0) is 9.53 Å². The zero-order chi connectivity index (χ0) is 15.4.